The zero-order valence-corrected chi connectivity index (χ0v) is 7.21. The van der Waals surface area contributed by atoms with E-state index in [2.05, 4.69) is 4.99 Å². The Bertz CT molecular complexity index is 148. The monoisotopic (exact) mass is 156 g/mol. The van der Waals surface area contributed by atoms with Crippen LogP contribution in [0.1, 0.15) is 20.3 Å². The Balaban J connectivity index is 2.45. The number of nitrogens with zero attached hydrogens (tertiary/aromatic N) is 1. The van der Waals surface area contributed by atoms with Gasteiger partial charge in [0, 0.05) is 18.6 Å². The molecular formula is C8H16N2O. The van der Waals surface area contributed by atoms with Crippen LogP contribution in [0.3, 0.4) is 0 Å². The molecule has 1 fully saturated rings. The first kappa shape index (κ1) is 8.53. The van der Waals surface area contributed by atoms with Crippen molar-refractivity contribution < 1.29 is 4.74 Å². The van der Waals surface area contributed by atoms with Gasteiger partial charge in [-0.3, -0.25) is 4.99 Å². The van der Waals surface area contributed by atoms with E-state index in [0.29, 0.717) is 12.0 Å². The van der Waals surface area contributed by atoms with E-state index < -0.39 is 0 Å². The number of ether oxygens (including phenoxy) is 1. The second-order valence-corrected chi connectivity index (χ2v) is 3.21. The van der Waals surface area contributed by atoms with Crippen molar-refractivity contribution in [2.24, 2.45) is 16.6 Å². The molecule has 0 spiro atoms. The number of hydrogen-bond acceptors (Lipinski definition) is 2. The molecule has 0 aliphatic carbocycles. The van der Waals surface area contributed by atoms with Crippen LogP contribution >= 0.6 is 0 Å². The average Bonchev–Trinajstić information content (AvgIpc) is 2.35. The molecule has 1 saturated heterocycles. The van der Waals surface area contributed by atoms with Crippen LogP contribution in [0, 0.1) is 5.92 Å². The maximum atomic E-state index is 5.75. The zero-order chi connectivity index (χ0) is 8.27. The molecule has 0 saturated carbocycles. The molecule has 1 heterocycles. The summed E-state index contributed by atoms with van der Waals surface area (Å²) in [7, 11) is 0. The summed E-state index contributed by atoms with van der Waals surface area (Å²) in [6.07, 6.45) is 1.03. The summed E-state index contributed by atoms with van der Waals surface area (Å²) in [6, 6.07) is 0.301. The van der Waals surface area contributed by atoms with Crippen LogP contribution in [0.15, 0.2) is 4.99 Å². The lowest BCUT2D eigenvalue weighted by Gasteiger charge is -2.07. The average molecular weight is 156 g/mol. The molecule has 11 heavy (non-hydrogen) atoms. The molecule has 1 aliphatic rings. The van der Waals surface area contributed by atoms with Gasteiger partial charge in [0.15, 0.2) is 0 Å². The molecule has 3 nitrogen and oxygen atoms in total. The molecule has 1 unspecified atom stereocenters. The smallest absolute Gasteiger partial charge is 0.0995 e. The van der Waals surface area contributed by atoms with Gasteiger partial charge < -0.3 is 10.5 Å². The fourth-order valence-electron chi connectivity index (χ4n) is 1.17. The maximum Gasteiger partial charge on any atom is 0.0995 e. The lowest BCUT2D eigenvalue weighted by atomic mass is 10.1. The van der Waals surface area contributed by atoms with Crippen LogP contribution in [-0.4, -0.2) is 25.1 Å². The van der Waals surface area contributed by atoms with Gasteiger partial charge in [-0.05, 0) is 20.3 Å². The number of aliphatic imine (C=N–C) groups is 1. The van der Waals surface area contributed by atoms with Crippen LogP contribution < -0.4 is 5.73 Å². The van der Waals surface area contributed by atoms with Crippen LogP contribution in [0.5, 0.6) is 0 Å². The molecular weight excluding hydrogens is 140 g/mol. The van der Waals surface area contributed by atoms with E-state index in [1.807, 2.05) is 13.8 Å². The molecule has 0 aromatic heterocycles. The van der Waals surface area contributed by atoms with Crippen LogP contribution in [-0.2, 0) is 4.74 Å². The predicted molar refractivity (Wildman–Crippen MR) is 45.7 cm³/mol. The molecule has 3 heteroatoms. The van der Waals surface area contributed by atoms with Crippen molar-refractivity contribution in [2.45, 2.75) is 26.3 Å². The maximum absolute atomic E-state index is 5.75. The van der Waals surface area contributed by atoms with Crippen molar-refractivity contribution in [1.29, 1.82) is 0 Å². The Labute approximate surface area is 67.6 Å². The zero-order valence-electron chi connectivity index (χ0n) is 7.21. The predicted octanol–water partition coefficient (Wildman–Crippen LogP) is 0.789. The minimum Gasteiger partial charge on any atom is -0.387 e. The SMILES string of the molecule is CC(C)N=C(N)C1CCOC1. The number of hydrogen-bond donors (Lipinski definition) is 1. The van der Waals surface area contributed by atoms with Crippen molar-refractivity contribution >= 4 is 5.84 Å². The van der Waals surface area contributed by atoms with Crippen LogP contribution in [0.4, 0.5) is 0 Å². The molecule has 0 bridgehead atoms. The minimum absolute atomic E-state index is 0.301. The molecule has 1 aliphatic heterocycles. The largest absolute Gasteiger partial charge is 0.387 e. The normalized spacial score (nSPS) is 26.5. The summed E-state index contributed by atoms with van der Waals surface area (Å²) >= 11 is 0. The summed E-state index contributed by atoms with van der Waals surface area (Å²) in [5.41, 5.74) is 5.75. The molecule has 0 amide bonds. The fraction of sp³-hybridized carbons (Fsp3) is 0.875. The summed E-state index contributed by atoms with van der Waals surface area (Å²) in [5.74, 6) is 1.13. The minimum atomic E-state index is 0.301. The highest BCUT2D eigenvalue weighted by atomic mass is 16.5. The highest BCUT2D eigenvalue weighted by Gasteiger charge is 2.19. The van der Waals surface area contributed by atoms with Gasteiger partial charge in [-0.2, -0.15) is 0 Å². The third-order valence-electron chi connectivity index (χ3n) is 1.76. The fourth-order valence-corrected chi connectivity index (χ4v) is 1.17. The molecule has 1 rings (SSSR count). The van der Waals surface area contributed by atoms with Gasteiger partial charge in [0.05, 0.1) is 12.4 Å². The Morgan fingerprint density at radius 1 is 1.64 bits per heavy atom. The van der Waals surface area contributed by atoms with Gasteiger partial charge in [-0.15, -0.1) is 0 Å². The quantitative estimate of drug-likeness (QED) is 0.474. The first-order chi connectivity index (χ1) is 5.20. The lowest BCUT2D eigenvalue weighted by Crippen LogP contribution is -2.25. The van der Waals surface area contributed by atoms with E-state index in [0.717, 1.165) is 25.5 Å². The molecule has 64 valence electrons. The number of rotatable bonds is 2. The van der Waals surface area contributed by atoms with Crippen LogP contribution in [0.25, 0.3) is 0 Å². The van der Waals surface area contributed by atoms with Crippen molar-refractivity contribution in [2.75, 3.05) is 13.2 Å². The van der Waals surface area contributed by atoms with Crippen molar-refractivity contribution in [1.82, 2.24) is 0 Å². The first-order valence-corrected chi connectivity index (χ1v) is 4.11. The van der Waals surface area contributed by atoms with Gasteiger partial charge >= 0.3 is 0 Å². The highest BCUT2D eigenvalue weighted by Crippen LogP contribution is 2.12. The summed E-state index contributed by atoms with van der Waals surface area (Å²) in [4.78, 5) is 4.27. The van der Waals surface area contributed by atoms with E-state index in [1.165, 1.54) is 0 Å². The second kappa shape index (κ2) is 3.72. The number of amidine groups is 1. The Kier molecular flexibility index (Phi) is 2.88. The third-order valence-corrected chi connectivity index (χ3v) is 1.76. The van der Waals surface area contributed by atoms with Gasteiger partial charge in [-0.1, -0.05) is 0 Å². The molecule has 1 atom stereocenters. The van der Waals surface area contributed by atoms with E-state index in [4.69, 9.17) is 10.5 Å². The Morgan fingerprint density at radius 3 is 2.82 bits per heavy atom. The van der Waals surface area contributed by atoms with Gasteiger partial charge in [0.2, 0.25) is 0 Å². The van der Waals surface area contributed by atoms with Crippen molar-refractivity contribution in [3.8, 4) is 0 Å². The molecule has 2 N–H and O–H groups in total. The van der Waals surface area contributed by atoms with Gasteiger partial charge in [0.25, 0.3) is 0 Å². The third kappa shape index (κ3) is 2.50. The van der Waals surface area contributed by atoms with E-state index >= 15 is 0 Å². The summed E-state index contributed by atoms with van der Waals surface area (Å²) in [5, 5.41) is 0. The number of nitrogens with two attached hydrogens (primary N) is 1. The standard InChI is InChI=1S/C8H16N2O/c1-6(2)10-8(9)7-3-4-11-5-7/h6-7H,3-5H2,1-2H3,(H2,9,10). The highest BCUT2D eigenvalue weighted by molar-refractivity contribution is 5.83. The molecule has 0 aromatic carbocycles. The van der Waals surface area contributed by atoms with E-state index in [9.17, 15) is 0 Å². The van der Waals surface area contributed by atoms with Crippen molar-refractivity contribution in [3.05, 3.63) is 0 Å². The van der Waals surface area contributed by atoms with Gasteiger partial charge in [-0.25, -0.2) is 0 Å². The molecule has 0 aromatic rings. The second-order valence-electron chi connectivity index (χ2n) is 3.21. The first-order valence-electron chi connectivity index (χ1n) is 4.11. The molecule has 0 radical (unpaired) electrons. The van der Waals surface area contributed by atoms with E-state index in [-0.39, 0.29) is 0 Å². The van der Waals surface area contributed by atoms with Gasteiger partial charge in [0.1, 0.15) is 0 Å². The Hall–Kier alpha value is -0.570. The summed E-state index contributed by atoms with van der Waals surface area (Å²) in [6.45, 7) is 5.65. The lowest BCUT2D eigenvalue weighted by molar-refractivity contribution is 0.193. The Morgan fingerprint density at radius 2 is 2.36 bits per heavy atom. The topological polar surface area (TPSA) is 47.6 Å². The van der Waals surface area contributed by atoms with Crippen molar-refractivity contribution in [3.63, 3.8) is 0 Å². The van der Waals surface area contributed by atoms with Crippen LogP contribution in [0.2, 0.25) is 0 Å². The summed E-state index contributed by atoms with van der Waals surface area (Å²) < 4.78 is 5.20. The van der Waals surface area contributed by atoms with E-state index in [1.54, 1.807) is 0 Å².